The SMILES string of the molecule is C=C(C)C(=O)OCc1cc(C2CCC(C3CCC(CCCF)CC3)CC2)ccc1CCO. The molecule has 0 radical (unpaired) electrons. The fourth-order valence-electron chi connectivity index (χ4n) is 5.90. The van der Waals surface area contributed by atoms with Crippen LogP contribution in [-0.4, -0.2) is 24.4 Å². The highest BCUT2D eigenvalue weighted by molar-refractivity contribution is 5.86. The van der Waals surface area contributed by atoms with Gasteiger partial charge in [-0.2, -0.15) is 0 Å². The van der Waals surface area contributed by atoms with Crippen molar-refractivity contribution in [3.05, 3.63) is 47.0 Å². The van der Waals surface area contributed by atoms with Crippen molar-refractivity contribution in [2.24, 2.45) is 17.8 Å². The number of halogens is 1. The molecule has 0 atom stereocenters. The van der Waals surface area contributed by atoms with Crippen molar-refractivity contribution >= 4 is 5.97 Å². The van der Waals surface area contributed by atoms with Crippen LogP contribution in [0.3, 0.4) is 0 Å². The van der Waals surface area contributed by atoms with E-state index in [0.29, 0.717) is 17.9 Å². The molecule has 0 unspecified atom stereocenters. The lowest BCUT2D eigenvalue weighted by Gasteiger charge is -2.38. The summed E-state index contributed by atoms with van der Waals surface area (Å²) in [5, 5.41) is 9.40. The van der Waals surface area contributed by atoms with Gasteiger partial charge in [0.05, 0.1) is 6.67 Å². The zero-order valence-corrected chi connectivity index (χ0v) is 19.8. The first-order valence-corrected chi connectivity index (χ1v) is 12.6. The molecule has 2 aliphatic rings. The average molecular weight is 445 g/mol. The third-order valence-electron chi connectivity index (χ3n) is 7.87. The van der Waals surface area contributed by atoms with Crippen LogP contribution in [0.4, 0.5) is 4.39 Å². The number of rotatable bonds is 10. The van der Waals surface area contributed by atoms with E-state index in [0.717, 1.165) is 41.7 Å². The van der Waals surface area contributed by atoms with Crippen LogP contribution in [0.25, 0.3) is 0 Å². The van der Waals surface area contributed by atoms with Crippen LogP contribution in [0.2, 0.25) is 0 Å². The number of hydrogen-bond acceptors (Lipinski definition) is 3. The fraction of sp³-hybridized carbons (Fsp3) is 0.679. The van der Waals surface area contributed by atoms with Gasteiger partial charge in [-0.15, -0.1) is 0 Å². The van der Waals surface area contributed by atoms with Crippen molar-refractivity contribution in [3.63, 3.8) is 0 Å². The molecule has 1 aromatic carbocycles. The zero-order valence-electron chi connectivity index (χ0n) is 19.8. The topological polar surface area (TPSA) is 46.5 Å². The minimum atomic E-state index is -0.370. The fourth-order valence-corrected chi connectivity index (χ4v) is 5.90. The molecule has 2 aliphatic carbocycles. The molecule has 0 bridgehead atoms. The molecular formula is C28H41FO3. The molecule has 32 heavy (non-hydrogen) atoms. The Morgan fingerprint density at radius 2 is 1.72 bits per heavy atom. The van der Waals surface area contributed by atoms with Gasteiger partial charge in [0.25, 0.3) is 0 Å². The van der Waals surface area contributed by atoms with E-state index < -0.39 is 0 Å². The maximum atomic E-state index is 12.5. The molecule has 178 valence electrons. The van der Waals surface area contributed by atoms with Crippen molar-refractivity contribution in [2.45, 2.75) is 90.1 Å². The van der Waals surface area contributed by atoms with Crippen molar-refractivity contribution in [3.8, 4) is 0 Å². The van der Waals surface area contributed by atoms with Crippen LogP contribution < -0.4 is 0 Å². The normalized spacial score (nSPS) is 26.0. The van der Waals surface area contributed by atoms with E-state index >= 15 is 0 Å². The van der Waals surface area contributed by atoms with E-state index in [-0.39, 0.29) is 25.9 Å². The molecule has 1 N–H and O–H groups in total. The van der Waals surface area contributed by atoms with Crippen molar-refractivity contribution in [1.29, 1.82) is 0 Å². The summed E-state index contributed by atoms with van der Waals surface area (Å²) in [5.74, 6) is 2.66. The number of carbonyl (C=O) groups is 1. The molecule has 0 spiro atoms. The van der Waals surface area contributed by atoms with Gasteiger partial charge in [0.1, 0.15) is 6.61 Å². The number of alkyl halides is 1. The van der Waals surface area contributed by atoms with E-state index in [2.05, 4.69) is 24.8 Å². The largest absolute Gasteiger partial charge is 0.457 e. The molecule has 0 aromatic heterocycles. The second-order valence-corrected chi connectivity index (χ2v) is 10.1. The van der Waals surface area contributed by atoms with Gasteiger partial charge < -0.3 is 9.84 Å². The standard InChI is InChI=1S/C28H41FO3/c1-20(2)28(31)32-19-27-18-26(14-13-25(27)15-17-30)24-11-9-23(10-12-24)22-7-5-21(6-8-22)4-3-16-29/h13-14,18,21-24,30H,1,3-12,15-17,19H2,2H3. The molecule has 2 fully saturated rings. The third-order valence-corrected chi connectivity index (χ3v) is 7.87. The van der Waals surface area contributed by atoms with Crippen molar-refractivity contribution < 1.29 is 19.0 Å². The Balaban J connectivity index is 1.55. The molecule has 0 amide bonds. The van der Waals surface area contributed by atoms with E-state index in [1.165, 1.54) is 56.9 Å². The smallest absolute Gasteiger partial charge is 0.333 e. The summed E-state index contributed by atoms with van der Waals surface area (Å²) in [7, 11) is 0. The van der Waals surface area contributed by atoms with E-state index in [1.54, 1.807) is 6.92 Å². The van der Waals surface area contributed by atoms with Gasteiger partial charge in [0.2, 0.25) is 0 Å². The average Bonchev–Trinajstić information content (AvgIpc) is 2.82. The summed E-state index contributed by atoms with van der Waals surface area (Å²) in [6, 6.07) is 6.49. The predicted octanol–water partition coefficient (Wildman–Crippen LogP) is 6.67. The minimum Gasteiger partial charge on any atom is -0.457 e. The molecule has 0 heterocycles. The Morgan fingerprint density at radius 3 is 2.31 bits per heavy atom. The maximum absolute atomic E-state index is 12.5. The van der Waals surface area contributed by atoms with Crippen LogP contribution >= 0.6 is 0 Å². The second-order valence-electron chi connectivity index (χ2n) is 10.1. The zero-order chi connectivity index (χ0) is 22.9. The number of aliphatic hydroxyl groups excluding tert-OH is 1. The monoisotopic (exact) mass is 444 g/mol. The van der Waals surface area contributed by atoms with Gasteiger partial charge in [-0.25, -0.2) is 4.79 Å². The highest BCUT2D eigenvalue weighted by Crippen LogP contribution is 2.44. The molecule has 4 heteroatoms. The van der Waals surface area contributed by atoms with Crippen LogP contribution in [0.5, 0.6) is 0 Å². The Labute approximate surface area is 193 Å². The lowest BCUT2D eigenvalue weighted by molar-refractivity contribution is -0.140. The molecule has 3 rings (SSSR count). The van der Waals surface area contributed by atoms with Crippen LogP contribution in [0.1, 0.15) is 93.7 Å². The Hall–Kier alpha value is -1.68. The Morgan fingerprint density at radius 1 is 1.06 bits per heavy atom. The van der Waals surface area contributed by atoms with E-state index in [4.69, 9.17) is 4.74 Å². The third kappa shape index (κ3) is 6.91. The highest BCUT2D eigenvalue weighted by atomic mass is 19.1. The number of carbonyl (C=O) groups excluding carboxylic acids is 1. The van der Waals surface area contributed by atoms with Gasteiger partial charge in [0.15, 0.2) is 0 Å². The first-order valence-electron chi connectivity index (χ1n) is 12.6. The van der Waals surface area contributed by atoms with Crippen molar-refractivity contribution in [1.82, 2.24) is 0 Å². The summed E-state index contributed by atoms with van der Waals surface area (Å²) in [4.78, 5) is 11.8. The molecule has 2 saturated carbocycles. The van der Waals surface area contributed by atoms with Crippen LogP contribution in [0.15, 0.2) is 30.4 Å². The van der Waals surface area contributed by atoms with E-state index in [9.17, 15) is 14.3 Å². The Bertz CT molecular complexity index is 743. The summed E-state index contributed by atoms with van der Waals surface area (Å²) in [5.41, 5.74) is 3.78. The van der Waals surface area contributed by atoms with Crippen molar-refractivity contribution in [2.75, 3.05) is 13.3 Å². The summed E-state index contributed by atoms with van der Waals surface area (Å²) < 4.78 is 17.9. The van der Waals surface area contributed by atoms with Crippen LogP contribution in [0, 0.1) is 17.8 Å². The highest BCUT2D eigenvalue weighted by Gasteiger charge is 2.31. The molecule has 3 nitrogen and oxygen atoms in total. The van der Waals surface area contributed by atoms with Gasteiger partial charge >= 0.3 is 5.97 Å². The number of aliphatic hydroxyl groups is 1. The lowest BCUT2D eigenvalue weighted by Crippen LogP contribution is -2.25. The number of ether oxygens (including phenoxy) is 1. The minimum absolute atomic E-state index is 0.0852. The maximum Gasteiger partial charge on any atom is 0.333 e. The molecule has 0 saturated heterocycles. The lowest BCUT2D eigenvalue weighted by atomic mass is 9.68. The predicted molar refractivity (Wildman–Crippen MR) is 127 cm³/mol. The Kier molecular flexibility index (Phi) is 9.77. The molecule has 1 aromatic rings. The van der Waals surface area contributed by atoms with E-state index in [1.807, 2.05) is 0 Å². The van der Waals surface area contributed by atoms with Crippen LogP contribution in [-0.2, 0) is 22.6 Å². The summed E-state index contributed by atoms with van der Waals surface area (Å²) in [6.07, 6.45) is 12.7. The van der Waals surface area contributed by atoms with Gasteiger partial charge in [-0.1, -0.05) is 37.6 Å². The summed E-state index contributed by atoms with van der Waals surface area (Å²) in [6.45, 7) is 5.46. The quantitative estimate of drug-likeness (QED) is 0.324. The first kappa shape index (κ1) is 25.0. The van der Waals surface area contributed by atoms with Gasteiger partial charge in [-0.05, 0) is 105 Å². The number of esters is 1. The van der Waals surface area contributed by atoms with Gasteiger partial charge in [-0.3, -0.25) is 4.39 Å². The number of hydrogen-bond donors (Lipinski definition) is 1. The molecule has 0 aliphatic heterocycles. The van der Waals surface area contributed by atoms with Gasteiger partial charge in [0, 0.05) is 12.2 Å². The second kappa shape index (κ2) is 12.5. The molecular weight excluding hydrogens is 403 g/mol. The summed E-state index contributed by atoms with van der Waals surface area (Å²) >= 11 is 0. The first-order chi connectivity index (χ1) is 15.5. The number of benzene rings is 1.